The first kappa shape index (κ1) is 15.0. The van der Waals surface area contributed by atoms with Crippen LogP contribution in [0.5, 0.6) is 5.75 Å². The summed E-state index contributed by atoms with van der Waals surface area (Å²) in [6.07, 6.45) is 2.40. The number of pyridine rings is 1. The van der Waals surface area contributed by atoms with Crippen molar-refractivity contribution in [2.45, 2.75) is 6.42 Å². The monoisotopic (exact) mass is 321 g/mol. The highest BCUT2D eigenvalue weighted by atomic mass is 16.5. The summed E-state index contributed by atoms with van der Waals surface area (Å²) >= 11 is 0. The number of benzene rings is 1. The van der Waals surface area contributed by atoms with Gasteiger partial charge in [-0.25, -0.2) is 4.98 Å². The highest BCUT2D eigenvalue weighted by Gasteiger charge is 2.48. The Bertz CT molecular complexity index is 784. The SMILES string of the molecule is N#Cc1ccc(N2C[C@@H]3COc4ccccc4C[C@]3(CO)C2)nc1. The summed E-state index contributed by atoms with van der Waals surface area (Å²) in [4.78, 5) is 6.60. The average molecular weight is 321 g/mol. The quantitative estimate of drug-likeness (QED) is 0.916. The van der Waals surface area contributed by atoms with Gasteiger partial charge in [-0.2, -0.15) is 5.26 Å². The predicted octanol–water partition coefficient (Wildman–Crippen LogP) is 2.00. The molecule has 0 radical (unpaired) electrons. The highest BCUT2D eigenvalue weighted by Crippen LogP contribution is 2.44. The van der Waals surface area contributed by atoms with Crippen molar-refractivity contribution in [1.29, 1.82) is 5.26 Å². The molecule has 0 unspecified atom stereocenters. The summed E-state index contributed by atoms with van der Waals surface area (Å²) < 4.78 is 6.01. The number of aliphatic hydroxyl groups is 1. The molecule has 0 aliphatic carbocycles. The fourth-order valence-electron chi connectivity index (χ4n) is 3.87. The van der Waals surface area contributed by atoms with Crippen LogP contribution in [0.4, 0.5) is 5.82 Å². The molecule has 0 bridgehead atoms. The van der Waals surface area contributed by atoms with Crippen LogP contribution in [0.1, 0.15) is 11.1 Å². The second-order valence-corrected chi connectivity index (χ2v) is 6.71. The van der Waals surface area contributed by atoms with Gasteiger partial charge in [0, 0.05) is 30.6 Å². The van der Waals surface area contributed by atoms with E-state index in [1.54, 1.807) is 12.3 Å². The Morgan fingerprint density at radius 3 is 2.96 bits per heavy atom. The van der Waals surface area contributed by atoms with Gasteiger partial charge in [0.25, 0.3) is 0 Å². The molecule has 0 spiro atoms. The Hall–Kier alpha value is -2.58. The normalized spacial score (nSPS) is 25.2. The van der Waals surface area contributed by atoms with E-state index in [1.165, 1.54) is 0 Å². The number of hydrogen-bond donors (Lipinski definition) is 1. The van der Waals surface area contributed by atoms with Crippen molar-refractivity contribution in [3.05, 3.63) is 53.7 Å². The van der Waals surface area contributed by atoms with E-state index in [0.717, 1.165) is 36.6 Å². The molecule has 0 amide bonds. The lowest BCUT2D eigenvalue weighted by molar-refractivity contribution is 0.0816. The molecule has 1 N–H and O–H groups in total. The summed E-state index contributed by atoms with van der Waals surface area (Å²) in [6.45, 7) is 2.27. The Morgan fingerprint density at radius 2 is 2.21 bits per heavy atom. The van der Waals surface area contributed by atoms with E-state index >= 15 is 0 Å². The minimum Gasteiger partial charge on any atom is -0.493 e. The zero-order valence-corrected chi connectivity index (χ0v) is 13.4. The standard InChI is InChI=1S/C19H19N3O2/c20-8-14-5-6-18(21-9-14)22-10-16-11-24-17-4-2-1-3-15(17)7-19(16,12-22)13-23/h1-6,9,16,23H,7,10-13H2/t16-,19-/m1/s1. The smallest absolute Gasteiger partial charge is 0.128 e. The second kappa shape index (κ2) is 5.81. The molecule has 1 fully saturated rings. The molecule has 1 aromatic carbocycles. The average Bonchev–Trinajstić information content (AvgIpc) is 2.92. The number of fused-ring (bicyclic) bond motifs is 2. The van der Waals surface area contributed by atoms with E-state index in [0.29, 0.717) is 12.2 Å². The highest BCUT2D eigenvalue weighted by molar-refractivity contribution is 5.45. The lowest BCUT2D eigenvalue weighted by Crippen LogP contribution is -2.38. The van der Waals surface area contributed by atoms with Gasteiger partial charge in [0.1, 0.15) is 17.6 Å². The van der Waals surface area contributed by atoms with Crippen molar-refractivity contribution in [3.63, 3.8) is 0 Å². The fourth-order valence-corrected chi connectivity index (χ4v) is 3.87. The van der Waals surface area contributed by atoms with Crippen molar-refractivity contribution < 1.29 is 9.84 Å². The minimum absolute atomic E-state index is 0.127. The van der Waals surface area contributed by atoms with Gasteiger partial charge in [0.05, 0.1) is 18.8 Å². The Kier molecular flexibility index (Phi) is 3.62. The molecular formula is C19H19N3O2. The van der Waals surface area contributed by atoms with E-state index in [-0.39, 0.29) is 17.9 Å². The van der Waals surface area contributed by atoms with E-state index in [9.17, 15) is 5.11 Å². The lowest BCUT2D eigenvalue weighted by atomic mass is 9.75. The lowest BCUT2D eigenvalue weighted by Gasteiger charge is -2.30. The number of aliphatic hydroxyl groups excluding tert-OH is 1. The van der Waals surface area contributed by atoms with Crippen molar-refractivity contribution in [3.8, 4) is 11.8 Å². The van der Waals surface area contributed by atoms with Gasteiger partial charge in [-0.15, -0.1) is 0 Å². The second-order valence-electron chi connectivity index (χ2n) is 6.71. The minimum atomic E-state index is -0.220. The first-order chi connectivity index (χ1) is 11.7. The van der Waals surface area contributed by atoms with Gasteiger partial charge in [-0.1, -0.05) is 18.2 Å². The van der Waals surface area contributed by atoms with Gasteiger partial charge in [0.15, 0.2) is 0 Å². The van der Waals surface area contributed by atoms with E-state index in [2.05, 4.69) is 22.0 Å². The molecular weight excluding hydrogens is 302 g/mol. The molecule has 2 aliphatic heterocycles. The molecule has 5 nitrogen and oxygen atoms in total. The van der Waals surface area contributed by atoms with Crippen LogP contribution >= 0.6 is 0 Å². The summed E-state index contributed by atoms with van der Waals surface area (Å²) in [5, 5.41) is 19.1. The number of nitrogens with zero attached hydrogens (tertiary/aromatic N) is 3. The molecule has 3 heterocycles. The molecule has 5 heteroatoms. The number of aromatic nitrogens is 1. The Labute approximate surface area is 141 Å². The van der Waals surface area contributed by atoms with Crippen LogP contribution in [-0.4, -0.2) is 36.4 Å². The zero-order valence-electron chi connectivity index (χ0n) is 13.4. The number of rotatable bonds is 2. The summed E-state index contributed by atoms with van der Waals surface area (Å²) in [5.74, 6) is 2.03. The van der Waals surface area contributed by atoms with E-state index in [4.69, 9.17) is 10.00 Å². The molecule has 0 saturated carbocycles. The largest absolute Gasteiger partial charge is 0.493 e. The maximum Gasteiger partial charge on any atom is 0.128 e. The van der Waals surface area contributed by atoms with Crippen LogP contribution in [-0.2, 0) is 6.42 Å². The molecule has 2 aromatic rings. The number of hydrogen-bond acceptors (Lipinski definition) is 5. The third-order valence-corrected chi connectivity index (χ3v) is 5.28. The van der Waals surface area contributed by atoms with E-state index < -0.39 is 0 Å². The summed E-state index contributed by atoms with van der Waals surface area (Å²) in [5.41, 5.74) is 1.49. The number of para-hydroxylation sites is 1. The van der Waals surface area contributed by atoms with Crippen molar-refractivity contribution >= 4 is 5.82 Å². The van der Waals surface area contributed by atoms with Crippen LogP contribution in [0.3, 0.4) is 0 Å². The molecule has 1 aromatic heterocycles. The topological polar surface area (TPSA) is 69.4 Å². The number of ether oxygens (including phenoxy) is 1. The molecule has 4 rings (SSSR count). The van der Waals surface area contributed by atoms with Crippen LogP contribution in [0.15, 0.2) is 42.6 Å². The zero-order chi connectivity index (χ0) is 16.6. The Morgan fingerprint density at radius 1 is 1.33 bits per heavy atom. The van der Waals surface area contributed by atoms with Crippen LogP contribution in [0.2, 0.25) is 0 Å². The molecule has 2 aliphatic rings. The third-order valence-electron chi connectivity index (χ3n) is 5.28. The maximum atomic E-state index is 10.2. The third kappa shape index (κ3) is 2.40. The van der Waals surface area contributed by atoms with Gasteiger partial charge < -0.3 is 14.7 Å². The maximum absolute atomic E-state index is 10.2. The van der Waals surface area contributed by atoms with Crippen LogP contribution < -0.4 is 9.64 Å². The van der Waals surface area contributed by atoms with Crippen LogP contribution in [0.25, 0.3) is 0 Å². The molecule has 122 valence electrons. The summed E-state index contributed by atoms with van der Waals surface area (Å²) in [7, 11) is 0. The predicted molar refractivity (Wildman–Crippen MR) is 89.8 cm³/mol. The molecule has 24 heavy (non-hydrogen) atoms. The Balaban J connectivity index is 1.63. The first-order valence-corrected chi connectivity index (χ1v) is 8.17. The van der Waals surface area contributed by atoms with Gasteiger partial charge >= 0.3 is 0 Å². The molecule has 2 atom stereocenters. The van der Waals surface area contributed by atoms with Gasteiger partial charge in [-0.05, 0) is 30.2 Å². The van der Waals surface area contributed by atoms with Crippen molar-refractivity contribution in [2.24, 2.45) is 11.3 Å². The van der Waals surface area contributed by atoms with E-state index in [1.807, 2.05) is 24.3 Å². The van der Waals surface area contributed by atoms with Gasteiger partial charge in [0.2, 0.25) is 0 Å². The number of nitriles is 1. The number of anilines is 1. The van der Waals surface area contributed by atoms with Gasteiger partial charge in [-0.3, -0.25) is 0 Å². The van der Waals surface area contributed by atoms with Crippen molar-refractivity contribution in [1.82, 2.24) is 4.98 Å². The summed E-state index contributed by atoms with van der Waals surface area (Å²) in [6, 6.07) is 13.8. The van der Waals surface area contributed by atoms with Crippen LogP contribution in [0, 0.1) is 22.7 Å². The first-order valence-electron chi connectivity index (χ1n) is 8.17. The fraction of sp³-hybridized carbons (Fsp3) is 0.368. The molecule has 1 saturated heterocycles. The van der Waals surface area contributed by atoms with Crippen molar-refractivity contribution in [2.75, 3.05) is 31.2 Å².